The van der Waals surface area contributed by atoms with E-state index >= 15 is 0 Å². The number of fused-ring (bicyclic) bond motifs is 1. The van der Waals surface area contributed by atoms with Crippen molar-refractivity contribution >= 4 is 41.8 Å². The van der Waals surface area contributed by atoms with E-state index in [2.05, 4.69) is 17.2 Å². The van der Waals surface area contributed by atoms with Crippen molar-refractivity contribution in [2.45, 2.75) is 19.9 Å². The first-order valence-corrected chi connectivity index (χ1v) is 6.53. The molecule has 1 aliphatic rings. The summed E-state index contributed by atoms with van der Waals surface area (Å²) in [6, 6.07) is 5.79. The van der Waals surface area contributed by atoms with Crippen LogP contribution in [0.5, 0.6) is 0 Å². The molecule has 0 bridgehead atoms. The molecule has 21 heavy (non-hydrogen) atoms. The molecule has 1 fully saturated rings. The molecule has 3 rings (SSSR count). The average molecular weight is 332 g/mol. The SMILES string of the molecule is Cc1ccc2oc(C(=O)N3CCNC(C)C3)cc2n1.Cl.Cl. The third-order valence-corrected chi connectivity index (χ3v) is 3.38. The lowest BCUT2D eigenvalue weighted by Gasteiger charge is -2.31. The number of hydrogen-bond acceptors (Lipinski definition) is 4. The van der Waals surface area contributed by atoms with Crippen molar-refractivity contribution in [2.24, 2.45) is 0 Å². The summed E-state index contributed by atoms with van der Waals surface area (Å²) in [4.78, 5) is 18.6. The molecular weight excluding hydrogens is 313 g/mol. The first-order valence-electron chi connectivity index (χ1n) is 6.53. The lowest BCUT2D eigenvalue weighted by atomic mass is 10.2. The van der Waals surface area contributed by atoms with Gasteiger partial charge in [0.05, 0.1) is 0 Å². The van der Waals surface area contributed by atoms with Crippen LogP contribution in [0.3, 0.4) is 0 Å². The minimum Gasteiger partial charge on any atom is -0.449 e. The summed E-state index contributed by atoms with van der Waals surface area (Å²) >= 11 is 0. The van der Waals surface area contributed by atoms with Gasteiger partial charge in [-0.05, 0) is 26.0 Å². The molecule has 116 valence electrons. The lowest BCUT2D eigenvalue weighted by Crippen LogP contribution is -2.51. The minimum absolute atomic E-state index is 0. The van der Waals surface area contributed by atoms with Crippen LogP contribution in [-0.4, -0.2) is 41.5 Å². The predicted molar refractivity (Wildman–Crippen MR) is 86.6 cm³/mol. The average Bonchev–Trinajstić information content (AvgIpc) is 2.80. The summed E-state index contributed by atoms with van der Waals surface area (Å²) in [6.45, 7) is 6.24. The van der Waals surface area contributed by atoms with E-state index in [9.17, 15) is 4.79 Å². The predicted octanol–water partition coefficient (Wildman–Crippen LogP) is 2.41. The Morgan fingerprint density at radius 2 is 2.19 bits per heavy atom. The summed E-state index contributed by atoms with van der Waals surface area (Å²) in [6.07, 6.45) is 0. The van der Waals surface area contributed by atoms with E-state index in [0.29, 0.717) is 30.5 Å². The van der Waals surface area contributed by atoms with Gasteiger partial charge in [-0.1, -0.05) is 0 Å². The molecular formula is C14H19Cl2N3O2. The number of halogens is 2. The maximum Gasteiger partial charge on any atom is 0.289 e. The molecule has 2 aromatic heterocycles. The monoisotopic (exact) mass is 331 g/mol. The van der Waals surface area contributed by atoms with E-state index in [1.54, 1.807) is 6.07 Å². The number of amides is 1. The third kappa shape index (κ3) is 3.67. The highest BCUT2D eigenvalue weighted by Crippen LogP contribution is 2.19. The van der Waals surface area contributed by atoms with E-state index in [1.807, 2.05) is 24.0 Å². The highest BCUT2D eigenvalue weighted by atomic mass is 35.5. The van der Waals surface area contributed by atoms with Crippen molar-refractivity contribution in [3.63, 3.8) is 0 Å². The van der Waals surface area contributed by atoms with Crippen molar-refractivity contribution in [3.8, 4) is 0 Å². The number of pyridine rings is 1. The van der Waals surface area contributed by atoms with Gasteiger partial charge in [0.1, 0.15) is 5.52 Å². The number of carbonyl (C=O) groups is 1. The number of hydrogen-bond donors (Lipinski definition) is 1. The summed E-state index contributed by atoms with van der Waals surface area (Å²) < 4.78 is 5.60. The molecule has 1 amide bonds. The summed E-state index contributed by atoms with van der Waals surface area (Å²) in [5.74, 6) is 0.325. The van der Waals surface area contributed by atoms with Crippen LogP contribution in [-0.2, 0) is 0 Å². The maximum atomic E-state index is 12.4. The van der Waals surface area contributed by atoms with Crippen molar-refractivity contribution in [1.82, 2.24) is 15.2 Å². The number of nitrogens with one attached hydrogen (secondary N) is 1. The largest absolute Gasteiger partial charge is 0.449 e. The van der Waals surface area contributed by atoms with Crippen LogP contribution in [0.15, 0.2) is 22.6 Å². The fraction of sp³-hybridized carbons (Fsp3) is 0.429. The van der Waals surface area contributed by atoms with E-state index in [-0.39, 0.29) is 30.7 Å². The van der Waals surface area contributed by atoms with Crippen molar-refractivity contribution in [1.29, 1.82) is 0 Å². The zero-order valence-electron chi connectivity index (χ0n) is 12.0. The van der Waals surface area contributed by atoms with Crippen LogP contribution >= 0.6 is 24.8 Å². The van der Waals surface area contributed by atoms with Gasteiger partial charge in [0.25, 0.3) is 5.91 Å². The summed E-state index contributed by atoms with van der Waals surface area (Å²) in [5.41, 5.74) is 2.33. The molecule has 1 atom stereocenters. The second-order valence-corrected chi connectivity index (χ2v) is 5.05. The molecule has 7 heteroatoms. The zero-order chi connectivity index (χ0) is 13.4. The van der Waals surface area contributed by atoms with E-state index in [4.69, 9.17) is 4.42 Å². The third-order valence-electron chi connectivity index (χ3n) is 3.38. The van der Waals surface area contributed by atoms with E-state index in [1.165, 1.54) is 0 Å². The van der Waals surface area contributed by atoms with Crippen molar-refractivity contribution in [2.75, 3.05) is 19.6 Å². The molecule has 0 aliphatic carbocycles. The summed E-state index contributed by atoms with van der Waals surface area (Å²) in [7, 11) is 0. The number of nitrogens with zero attached hydrogens (tertiary/aromatic N) is 2. The number of carbonyl (C=O) groups excluding carboxylic acids is 1. The molecule has 1 N–H and O–H groups in total. The summed E-state index contributed by atoms with van der Waals surface area (Å²) in [5, 5.41) is 3.32. The Morgan fingerprint density at radius 1 is 1.43 bits per heavy atom. The molecule has 0 aromatic carbocycles. The number of piperazine rings is 1. The smallest absolute Gasteiger partial charge is 0.289 e. The van der Waals surface area contributed by atoms with Gasteiger partial charge in [0.2, 0.25) is 0 Å². The van der Waals surface area contributed by atoms with Gasteiger partial charge in [-0.2, -0.15) is 0 Å². The number of aryl methyl sites for hydroxylation is 1. The number of rotatable bonds is 1. The fourth-order valence-electron chi connectivity index (χ4n) is 2.40. The second-order valence-electron chi connectivity index (χ2n) is 5.05. The van der Waals surface area contributed by atoms with Crippen molar-refractivity contribution in [3.05, 3.63) is 29.7 Å². The molecule has 1 aliphatic heterocycles. The van der Waals surface area contributed by atoms with Gasteiger partial charge in [-0.3, -0.25) is 4.79 Å². The fourth-order valence-corrected chi connectivity index (χ4v) is 2.40. The Bertz CT molecular complexity index is 630. The van der Waals surface area contributed by atoms with Gasteiger partial charge < -0.3 is 14.6 Å². The number of furan rings is 1. The Hall–Kier alpha value is -1.30. The standard InChI is InChI=1S/C14H17N3O2.2ClH/c1-9-3-4-12-11(16-9)7-13(19-12)14(18)17-6-5-15-10(2)8-17;;/h3-4,7,10,15H,5-6,8H2,1-2H3;2*1H. The zero-order valence-corrected chi connectivity index (χ0v) is 13.6. The van der Waals surface area contributed by atoms with Gasteiger partial charge in [0.15, 0.2) is 11.3 Å². The van der Waals surface area contributed by atoms with Gasteiger partial charge in [-0.15, -0.1) is 24.8 Å². The molecule has 1 saturated heterocycles. The first kappa shape index (κ1) is 17.8. The van der Waals surface area contributed by atoms with E-state index in [0.717, 1.165) is 17.8 Å². The Morgan fingerprint density at radius 3 is 2.90 bits per heavy atom. The van der Waals surface area contributed by atoms with Crippen LogP contribution in [0.4, 0.5) is 0 Å². The second kappa shape index (κ2) is 7.11. The Kier molecular flexibility index (Phi) is 6.01. The highest BCUT2D eigenvalue weighted by Gasteiger charge is 2.24. The molecule has 1 unspecified atom stereocenters. The normalized spacial score (nSPS) is 18.0. The van der Waals surface area contributed by atoms with Crippen LogP contribution in [0.1, 0.15) is 23.2 Å². The number of aromatic nitrogens is 1. The Balaban J connectivity index is 0.00000110. The van der Waals surface area contributed by atoms with Gasteiger partial charge in [-0.25, -0.2) is 4.98 Å². The minimum atomic E-state index is -0.0518. The van der Waals surface area contributed by atoms with E-state index < -0.39 is 0 Å². The van der Waals surface area contributed by atoms with Crippen LogP contribution < -0.4 is 5.32 Å². The quantitative estimate of drug-likeness (QED) is 0.871. The van der Waals surface area contributed by atoms with Gasteiger partial charge in [0, 0.05) is 37.4 Å². The lowest BCUT2D eigenvalue weighted by molar-refractivity contribution is 0.0679. The maximum absolute atomic E-state index is 12.4. The van der Waals surface area contributed by atoms with Crippen molar-refractivity contribution < 1.29 is 9.21 Å². The molecule has 5 nitrogen and oxygen atoms in total. The molecule has 2 aromatic rings. The molecule has 0 radical (unpaired) electrons. The van der Waals surface area contributed by atoms with Gasteiger partial charge >= 0.3 is 0 Å². The van der Waals surface area contributed by atoms with Crippen LogP contribution in [0.2, 0.25) is 0 Å². The molecule has 0 spiro atoms. The highest BCUT2D eigenvalue weighted by molar-refractivity contribution is 5.95. The van der Waals surface area contributed by atoms with Crippen LogP contribution in [0.25, 0.3) is 11.1 Å². The van der Waals surface area contributed by atoms with Crippen LogP contribution in [0, 0.1) is 6.92 Å². The molecule has 3 heterocycles. The molecule has 0 saturated carbocycles. The topological polar surface area (TPSA) is 58.4 Å². The Labute approximate surface area is 135 Å². The first-order chi connectivity index (χ1) is 9.13.